The van der Waals surface area contributed by atoms with Gasteiger partial charge in [-0.25, -0.2) is 0 Å². The molecule has 8 heteroatoms. The molecule has 0 aromatic carbocycles. The number of nitrogens with zero attached hydrogens (tertiary/aromatic N) is 4. The van der Waals surface area contributed by atoms with E-state index >= 15 is 0 Å². The van der Waals surface area contributed by atoms with E-state index in [1.165, 1.54) is 11.5 Å². The van der Waals surface area contributed by atoms with Crippen molar-refractivity contribution >= 4 is 23.3 Å². The number of likely N-dealkylation sites (tertiary alicyclic amines) is 2. The SMILES string of the molecule is Cc1nnsc1C(=O)N1CCC(N2CCC[C@@H](C(=O)NC3CC3)C2)CC1. The molecule has 2 amide bonds. The van der Waals surface area contributed by atoms with Gasteiger partial charge in [-0.3, -0.25) is 14.5 Å². The van der Waals surface area contributed by atoms with Gasteiger partial charge in [0.1, 0.15) is 4.88 Å². The number of piperidine rings is 2. The average molecular weight is 378 g/mol. The summed E-state index contributed by atoms with van der Waals surface area (Å²) in [6.45, 7) is 5.33. The lowest BCUT2D eigenvalue weighted by Crippen LogP contribution is -2.51. The third kappa shape index (κ3) is 3.91. The van der Waals surface area contributed by atoms with Gasteiger partial charge in [-0.05, 0) is 63.5 Å². The lowest BCUT2D eigenvalue weighted by Gasteiger charge is -2.42. The molecular formula is C18H27N5O2S. The molecule has 1 aromatic rings. The molecule has 2 saturated heterocycles. The minimum atomic E-state index is 0.0660. The number of carbonyl (C=O) groups excluding carboxylic acids is 2. The first-order valence-electron chi connectivity index (χ1n) is 9.74. The molecule has 3 fully saturated rings. The molecule has 0 bridgehead atoms. The van der Waals surface area contributed by atoms with E-state index < -0.39 is 0 Å². The van der Waals surface area contributed by atoms with Gasteiger partial charge in [-0.15, -0.1) is 5.10 Å². The summed E-state index contributed by atoms with van der Waals surface area (Å²) in [5.74, 6) is 0.448. The second-order valence-electron chi connectivity index (χ2n) is 7.83. The molecule has 0 spiro atoms. The zero-order valence-corrected chi connectivity index (χ0v) is 16.1. The van der Waals surface area contributed by atoms with Crippen molar-refractivity contribution in [1.82, 2.24) is 24.7 Å². The first-order valence-corrected chi connectivity index (χ1v) is 10.5. The molecule has 3 aliphatic rings. The Hall–Kier alpha value is -1.54. The molecule has 0 unspecified atom stereocenters. The summed E-state index contributed by atoms with van der Waals surface area (Å²) in [7, 11) is 0. The Balaban J connectivity index is 1.29. The standard InChI is InChI=1S/C18H27N5O2S/c1-12-16(26-21-20-12)18(25)22-9-6-15(7-10-22)23-8-2-3-13(11-23)17(24)19-14-4-5-14/h13-15H,2-11H2,1H3,(H,19,24)/t13-/m1/s1. The Morgan fingerprint density at radius 2 is 1.88 bits per heavy atom. The summed E-state index contributed by atoms with van der Waals surface area (Å²) in [6.07, 6.45) is 6.34. The van der Waals surface area contributed by atoms with Gasteiger partial charge in [0.25, 0.3) is 5.91 Å². The van der Waals surface area contributed by atoms with Crippen molar-refractivity contribution in [3.05, 3.63) is 10.6 Å². The molecule has 2 aliphatic heterocycles. The molecule has 1 aliphatic carbocycles. The van der Waals surface area contributed by atoms with Gasteiger partial charge >= 0.3 is 0 Å². The minimum Gasteiger partial charge on any atom is -0.353 e. The van der Waals surface area contributed by atoms with E-state index in [4.69, 9.17) is 0 Å². The van der Waals surface area contributed by atoms with Crippen molar-refractivity contribution in [3.63, 3.8) is 0 Å². The van der Waals surface area contributed by atoms with Crippen molar-refractivity contribution < 1.29 is 9.59 Å². The van der Waals surface area contributed by atoms with Crippen LogP contribution in [-0.2, 0) is 4.79 Å². The third-order valence-electron chi connectivity index (χ3n) is 5.86. The number of hydrogen-bond donors (Lipinski definition) is 1. The monoisotopic (exact) mass is 377 g/mol. The van der Waals surface area contributed by atoms with Gasteiger partial charge in [0.15, 0.2) is 0 Å². The molecule has 26 heavy (non-hydrogen) atoms. The van der Waals surface area contributed by atoms with Crippen LogP contribution in [0.25, 0.3) is 0 Å². The first kappa shape index (κ1) is 17.9. The van der Waals surface area contributed by atoms with Crippen LogP contribution in [-0.4, -0.2) is 69.5 Å². The zero-order chi connectivity index (χ0) is 18.1. The minimum absolute atomic E-state index is 0.0660. The van der Waals surface area contributed by atoms with Gasteiger partial charge in [-0.1, -0.05) is 4.49 Å². The van der Waals surface area contributed by atoms with E-state index in [-0.39, 0.29) is 17.7 Å². The summed E-state index contributed by atoms with van der Waals surface area (Å²) in [6, 6.07) is 0.924. The quantitative estimate of drug-likeness (QED) is 0.859. The van der Waals surface area contributed by atoms with E-state index in [1.54, 1.807) is 0 Å². The smallest absolute Gasteiger partial charge is 0.267 e. The van der Waals surface area contributed by atoms with Crippen molar-refractivity contribution in [2.75, 3.05) is 26.2 Å². The van der Waals surface area contributed by atoms with Crippen molar-refractivity contribution in [2.45, 2.75) is 57.5 Å². The fourth-order valence-electron chi connectivity index (χ4n) is 4.10. The lowest BCUT2D eigenvalue weighted by molar-refractivity contribution is -0.127. The largest absolute Gasteiger partial charge is 0.353 e. The Morgan fingerprint density at radius 1 is 1.12 bits per heavy atom. The molecule has 4 rings (SSSR count). The molecule has 1 saturated carbocycles. The van der Waals surface area contributed by atoms with Gasteiger partial charge in [0.05, 0.1) is 11.6 Å². The van der Waals surface area contributed by atoms with E-state index in [0.29, 0.717) is 17.0 Å². The zero-order valence-electron chi connectivity index (χ0n) is 15.3. The Kier molecular flexibility index (Phi) is 5.22. The third-order valence-corrected chi connectivity index (χ3v) is 6.68. The van der Waals surface area contributed by atoms with Gasteiger partial charge < -0.3 is 10.2 Å². The molecule has 142 valence electrons. The topological polar surface area (TPSA) is 78.4 Å². The first-order chi connectivity index (χ1) is 12.6. The number of rotatable bonds is 4. The van der Waals surface area contributed by atoms with Crippen LogP contribution in [0.15, 0.2) is 0 Å². The fraction of sp³-hybridized carbons (Fsp3) is 0.778. The van der Waals surface area contributed by atoms with Crippen molar-refractivity contribution in [1.29, 1.82) is 0 Å². The predicted octanol–water partition coefficient (Wildman–Crippen LogP) is 1.44. The normalized spacial score (nSPS) is 25.3. The number of aryl methyl sites for hydroxylation is 1. The highest BCUT2D eigenvalue weighted by atomic mass is 32.1. The maximum Gasteiger partial charge on any atom is 0.267 e. The van der Waals surface area contributed by atoms with Crippen LogP contribution in [0.4, 0.5) is 0 Å². The number of amides is 2. The highest BCUT2D eigenvalue weighted by Crippen LogP contribution is 2.26. The highest BCUT2D eigenvalue weighted by Gasteiger charge is 2.34. The van der Waals surface area contributed by atoms with Crippen molar-refractivity contribution in [3.8, 4) is 0 Å². The van der Waals surface area contributed by atoms with Gasteiger partial charge in [0.2, 0.25) is 5.91 Å². The molecule has 7 nitrogen and oxygen atoms in total. The molecule has 3 heterocycles. The number of nitrogens with one attached hydrogen (secondary N) is 1. The summed E-state index contributed by atoms with van der Waals surface area (Å²) < 4.78 is 3.87. The Morgan fingerprint density at radius 3 is 2.54 bits per heavy atom. The van der Waals surface area contributed by atoms with Gasteiger partial charge in [0, 0.05) is 31.7 Å². The fourth-order valence-corrected chi connectivity index (χ4v) is 4.73. The van der Waals surface area contributed by atoms with Crippen LogP contribution in [0.3, 0.4) is 0 Å². The molecule has 0 radical (unpaired) electrons. The van der Waals surface area contributed by atoms with Crippen molar-refractivity contribution in [2.24, 2.45) is 5.92 Å². The maximum atomic E-state index is 12.6. The number of carbonyl (C=O) groups is 2. The summed E-state index contributed by atoms with van der Waals surface area (Å²) >= 11 is 1.19. The summed E-state index contributed by atoms with van der Waals surface area (Å²) in [4.78, 5) is 30.1. The van der Waals surface area contributed by atoms with E-state index in [9.17, 15) is 9.59 Å². The summed E-state index contributed by atoms with van der Waals surface area (Å²) in [5, 5.41) is 7.11. The molecule has 1 atom stereocenters. The van der Waals surface area contributed by atoms with E-state index in [1.807, 2.05) is 11.8 Å². The second kappa shape index (κ2) is 7.60. The van der Waals surface area contributed by atoms with Gasteiger partial charge in [-0.2, -0.15) is 0 Å². The molecule has 1 aromatic heterocycles. The van der Waals surface area contributed by atoms with Crippen LogP contribution >= 0.6 is 11.5 Å². The van der Waals surface area contributed by atoms with Crippen LogP contribution in [0.1, 0.15) is 53.9 Å². The Labute approximate surface area is 158 Å². The lowest BCUT2D eigenvalue weighted by atomic mass is 9.93. The molecular weight excluding hydrogens is 350 g/mol. The van der Waals surface area contributed by atoms with Crippen LogP contribution in [0, 0.1) is 12.8 Å². The Bertz CT molecular complexity index is 666. The number of aromatic nitrogens is 2. The highest BCUT2D eigenvalue weighted by molar-refractivity contribution is 7.07. The summed E-state index contributed by atoms with van der Waals surface area (Å²) in [5.41, 5.74) is 0.725. The van der Waals surface area contributed by atoms with E-state index in [2.05, 4.69) is 19.8 Å². The molecule has 1 N–H and O–H groups in total. The van der Waals surface area contributed by atoms with E-state index in [0.717, 1.165) is 70.4 Å². The van der Waals surface area contributed by atoms with Crippen LogP contribution in [0.5, 0.6) is 0 Å². The van der Waals surface area contributed by atoms with Crippen LogP contribution < -0.4 is 5.32 Å². The maximum absolute atomic E-state index is 12.6. The number of hydrogen-bond acceptors (Lipinski definition) is 6. The predicted molar refractivity (Wildman–Crippen MR) is 99.0 cm³/mol. The van der Waals surface area contributed by atoms with Crippen LogP contribution in [0.2, 0.25) is 0 Å². The second-order valence-corrected chi connectivity index (χ2v) is 8.58. The average Bonchev–Trinajstić information content (AvgIpc) is 3.39.